The number of pyridine rings is 1. The average molecular weight is 535 g/mol. The van der Waals surface area contributed by atoms with Gasteiger partial charge in [0.1, 0.15) is 5.75 Å². The van der Waals surface area contributed by atoms with Crippen LogP contribution in [0.5, 0.6) is 5.75 Å². The van der Waals surface area contributed by atoms with Crippen LogP contribution in [0.1, 0.15) is 37.4 Å². The van der Waals surface area contributed by atoms with Crippen molar-refractivity contribution in [3.8, 4) is 5.75 Å². The lowest BCUT2D eigenvalue weighted by Gasteiger charge is -2.37. The third-order valence-electron chi connectivity index (χ3n) is 6.72. The molecule has 1 aliphatic rings. The Labute approximate surface area is 219 Å². The van der Waals surface area contributed by atoms with E-state index in [2.05, 4.69) is 9.88 Å². The van der Waals surface area contributed by atoms with E-state index in [0.717, 1.165) is 58.2 Å². The van der Waals surface area contributed by atoms with E-state index in [-0.39, 0.29) is 5.92 Å². The van der Waals surface area contributed by atoms with Gasteiger partial charge in [0.25, 0.3) is 0 Å². The molecule has 1 saturated heterocycles. The van der Waals surface area contributed by atoms with Gasteiger partial charge in [-0.3, -0.25) is 9.78 Å². The predicted molar refractivity (Wildman–Crippen MR) is 143 cm³/mol. The molecule has 2 aromatic heterocycles. The number of hydrogen-bond acceptors (Lipinski definition) is 7. The third kappa shape index (κ3) is 6.89. The summed E-state index contributed by atoms with van der Waals surface area (Å²) in [6.45, 7) is 2.37. The van der Waals surface area contributed by atoms with E-state index in [1.807, 2.05) is 36.4 Å². The number of hydrogen-bond donors (Lipinski definition) is 2. The van der Waals surface area contributed by atoms with E-state index < -0.39 is 18.0 Å². The van der Waals surface area contributed by atoms with Gasteiger partial charge in [-0.15, -0.1) is 23.1 Å². The molecular formula is C26H31ClN2O4S2. The molecule has 3 heterocycles. The van der Waals surface area contributed by atoms with Crippen molar-refractivity contribution in [2.24, 2.45) is 11.8 Å². The van der Waals surface area contributed by atoms with Gasteiger partial charge < -0.3 is 19.8 Å². The van der Waals surface area contributed by atoms with Gasteiger partial charge in [-0.1, -0.05) is 11.6 Å². The lowest BCUT2D eigenvalue weighted by molar-refractivity contribution is -0.146. The van der Waals surface area contributed by atoms with Crippen molar-refractivity contribution in [2.45, 2.75) is 36.0 Å². The van der Waals surface area contributed by atoms with E-state index in [9.17, 15) is 15.0 Å². The maximum absolute atomic E-state index is 12.1. The summed E-state index contributed by atoms with van der Waals surface area (Å²) in [5.41, 5.74) is 1.61. The number of methoxy groups -OCH3 is 1. The molecule has 3 atom stereocenters. The van der Waals surface area contributed by atoms with Gasteiger partial charge in [-0.25, -0.2) is 0 Å². The number of nitrogens with zero attached hydrogens (tertiary/aromatic N) is 2. The highest BCUT2D eigenvalue weighted by Crippen LogP contribution is 2.34. The molecule has 0 spiro atoms. The smallest absolute Gasteiger partial charge is 0.308 e. The average Bonchev–Trinajstić information content (AvgIpc) is 3.29. The van der Waals surface area contributed by atoms with E-state index in [4.69, 9.17) is 16.3 Å². The van der Waals surface area contributed by atoms with E-state index >= 15 is 0 Å². The first-order valence-electron chi connectivity index (χ1n) is 11.9. The molecule has 35 heavy (non-hydrogen) atoms. The van der Waals surface area contributed by atoms with Crippen molar-refractivity contribution in [2.75, 3.05) is 32.5 Å². The summed E-state index contributed by atoms with van der Waals surface area (Å²) in [6.07, 6.45) is 4.07. The van der Waals surface area contributed by atoms with Crippen LogP contribution in [0, 0.1) is 11.8 Å². The van der Waals surface area contributed by atoms with Gasteiger partial charge in [0.15, 0.2) is 0 Å². The Morgan fingerprint density at radius 2 is 2.20 bits per heavy atom. The van der Waals surface area contributed by atoms with Crippen molar-refractivity contribution in [3.05, 3.63) is 52.5 Å². The van der Waals surface area contributed by atoms with E-state index in [1.54, 1.807) is 36.4 Å². The third-order valence-corrected chi connectivity index (χ3v) is 9.26. The van der Waals surface area contributed by atoms with Crippen molar-refractivity contribution in [3.63, 3.8) is 0 Å². The largest absolute Gasteiger partial charge is 0.497 e. The van der Waals surface area contributed by atoms with Crippen molar-refractivity contribution < 1.29 is 19.7 Å². The summed E-state index contributed by atoms with van der Waals surface area (Å²) in [4.78, 5) is 18.7. The molecule has 0 unspecified atom stereocenters. The molecule has 0 saturated carbocycles. The van der Waals surface area contributed by atoms with Crippen LogP contribution in [-0.2, 0) is 4.79 Å². The minimum atomic E-state index is -0.740. The molecule has 0 aliphatic carbocycles. The SMILES string of the molecule is COc1ccc2nccc([C@@H](O)CC[C@@H]3CCN(CCCSc4ccc(Cl)s4)C[C@@H]3C(=O)O)c2c1. The second-order valence-corrected chi connectivity index (χ2v) is 12.0. The number of carboxylic acids is 1. The van der Waals surface area contributed by atoms with Crippen LogP contribution < -0.4 is 4.74 Å². The molecule has 0 amide bonds. The summed E-state index contributed by atoms with van der Waals surface area (Å²) in [5.74, 6) is 0.620. The summed E-state index contributed by atoms with van der Waals surface area (Å²) >= 11 is 9.38. The van der Waals surface area contributed by atoms with Gasteiger partial charge >= 0.3 is 5.97 Å². The van der Waals surface area contributed by atoms with E-state index in [0.29, 0.717) is 19.4 Å². The number of aliphatic carboxylic acids is 1. The Balaban J connectivity index is 1.30. The molecule has 0 bridgehead atoms. The van der Waals surface area contributed by atoms with Crippen LogP contribution in [0.15, 0.2) is 46.8 Å². The molecule has 9 heteroatoms. The highest BCUT2D eigenvalue weighted by molar-refractivity contribution is 8.01. The number of carbonyl (C=O) groups is 1. The monoisotopic (exact) mass is 534 g/mol. The number of halogens is 1. The Bertz CT molecular complexity index is 1140. The number of rotatable bonds is 11. The Morgan fingerprint density at radius 3 is 2.94 bits per heavy atom. The van der Waals surface area contributed by atoms with Gasteiger partial charge in [0, 0.05) is 23.9 Å². The maximum Gasteiger partial charge on any atom is 0.308 e. The quantitative estimate of drug-likeness (QED) is 0.231. The van der Waals surface area contributed by atoms with Gasteiger partial charge in [0.2, 0.25) is 0 Å². The van der Waals surface area contributed by atoms with Crippen molar-refractivity contribution >= 4 is 51.6 Å². The first kappa shape index (κ1) is 26.2. The first-order chi connectivity index (χ1) is 16.9. The van der Waals surface area contributed by atoms with E-state index in [1.165, 1.54) is 4.21 Å². The number of likely N-dealkylation sites (tertiary alicyclic amines) is 1. The first-order valence-corrected chi connectivity index (χ1v) is 14.1. The maximum atomic E-state index is 12.1. The second kappa shape index (κ2) is 12.4. The van der Waals surface area contributed by atoms with Gasteiger partial charge in [0.05, 0.1) is 33.2 Å². The van der Waals surface area contributed by atoms with Gasteiger partial charge in [-0.2, -0.15) is 0 Å². The molecule has 0 radical (unpaired) electrons. The molecule has 3 aromatic rings. The molecule has 1 aliphatic heterocycles. The highest BCUT2D eigenvalue weighted by atomic mass is 35.5. The number of carboxylic acid groups (broad SMARTS) is 1. The molecular weight excluding hydrogens is 504 g/mol. The zero-order valence-electron chi connectivity index (χ0n) is 19.7. The number of benzene rings is 1. The van der Waals surface area contributed by atoms with Crippen LogP contribution >= 0.6 is 34.7 Å². The molecule has 188 valence electrons. The molecule has 1 aromatic carbocycles. The second-order valence-electron chi connectivity index (χ2n) is 8.93. The lowest BCUT2D eigenvalue weighted by atomic mass is 9.81. The predicted octanol–water partition coefficient (Wildman–Crippen LogP) is 5.98. The fourth-order valence-electron chi connectivity index (χ4n) is 4.82. The molecule has 2 N–H and O–H groups in total. The van der Waals surface area contributed by atoms with Crippen LogP contribution in [0.3, 0.4) is 0 Å². The number of thiophene rings is 1. The molecule has 1 fully saturated rings. The Morgan fingerprint density at radius 1 is 1.34 bits per heavy atom. The van der Waals surface area contributed by atoms with Crippen LogP contribution in [0.25, 0.3) is 10.9 Å². The standard InChI is InChI=1S/C26H31ClN2O4S2/c1-33-18-4-5-22-20(15-18)19(9-11-28-22)23(30)6-3-17-10-13-29(16-21(17)26(31)32)12-2-14-34-25-8-7-24(27)35-25/h4-5,7-9,11,15,17,21,23,30H,2-3,6,10,12-14,16H2,1H3,(H,31,32)/t17-,21+,23+/m1/s1. The zero-order chi connectivity index (χ0) is 24.8. The topological polar surface area (TPSA) is 82.9 Å². The zero-order valence-corrected chi connectivity index (χ0v) is 22.1. The normalized spacial score (nSPS) is 19.6. The summed E-state index contributed by atoms with van der Waals surface area (Å²) in [6, 6.07) is 11.4. The number of thioether (sulfide) groups is 1. The molecule has 6 nitrogen and oxygen atoms in total. The number of aliphatic hydroxyl groups excluding tert-OH is 1. The number of aliphatic hydroxyl groups is 1. The number of fused-ring (bicyclic) bond motifs is 1. The Hall–Kier alpha value is -1.84. The van der Waals surface area contributed by atoms with Crippen molar-refractivity contribution in [1.29, 1.82) is 0 Å². The number of piperidine rings is 1. The summed E-state index contributed by atoms with van der Waals surface area (Å²) in [7, 11) is 1.62. The Kier molecular flexibility index (Phi) is 9.30. The number of ether oxygens (including phenoxy) is 1. The van der Waals surface area contributed by atoms with Gasteiger partial charge in [-0.05, 0) is 86.7 Å². The summed E-state index contributed by atoms with van der Waals surface area (Å²) in [5, 5.41) is 21.8. The molecule has 4 rings (SSSR count). The lowest BCUT2D eigenvalue weighted by Crippen LogP contribution is -2.44. The fraction of sp³-hybridized carbons (Fsp3) is 0.462. The summed E-state index contributed by atoms with van der Waals surface area (Å²) < 4.78 is 7.36. The minimum absolute atomic E-state index is 0.0590. The fourth-order valence-corrected chi connectivity index (χ4v) is 7.13. The van der Waals surface area contributed by atoms with Crippen LogP contribution in [0.4, 0.5) is 0 Å². The van der Waals surface area contributed by atoms with Crippen LogP contribution in [-0.4, -0.2) is 58.6 Å². The van der Waals surface area contributed by atoms with Crippen LogP contribution in [0.2, 0.25) is 4.34 Å². The van der Waals surface area contributed by atoms with Crippen molar-refractivity contribution in [1.82, 2.24) is 9.88 Å². The minimum Gasteiger partial charge on any atom is -0.497 e. The number of aromatic nitrogens is 1. The highest BCUT2D eigenvalue weighted by Gasteiger charge is 2.34.